The predicted molar refractivity (Wildman–Crippen MR) is 121 cm³/mol. The van der Waals surface area contributed by atoms with Crippen LogP contribution in [0.1, 0.15) is 48.8 Å². The first-order valence-corrected chi connectivity index (χ1v) is 10.3. The summed E-state index contributed by atoms with van der Waals surface area (Å²) < 4.78 is 22.3. The summed E-state index contributed by atoms with van der Waals surface area (Å²) in [6.07, 6.45) is 3.69. The van der Waals surface area contributed by atoms with E-state index in [1.165, 1.54) is 0 Å². The van der Waals surface area contributed by atoms with Crippen LogP contribution in [0, 0.1) is 0 Å². The average molecular weight is 449 g/mol. The normalized spacial score (nSPS) is 21.7. The van der Waals surface area contributed by atoms with E-state index < -0.39 is 0 Å². The molecule has 1 aromatic heterocycles. The standard InChI is InChI=1S/C23H28N2O5.ClH/c1-5-30-21-9-14-15-8-13(26)6-7-18(15)25-23(16(14)10-20(21)28-3)17-12-24-22(29-4)11-19(17)27-2;/h9-13,15,18,26H,5-8H2,1-4H3;1H/t13-,15-,18-;/m1./s1. The molecule has 0 spiro atoms. The van der Waals surface area contributed by atoms with Gasteiger partial charge in [0.1, 0.15) is 5.75 Å². The van der Waals surface area contributed by atoms with Gasteiger partial charge in [-0.3, -0.25) is 4.99 Å². The van der Waals surface area contributed by atoms with Crippen molar-refractivity contribution in [3.8, 4) is 23.1 Å². The molecule has 0 unspecified atom stereocenters. The lowest BCUT2D eigenvalue weighted by Crippen LogP contribution is -2.34. The molecular weight excluding hydrogens is 420 g/mol. The van der Waals surface area contributed by atoms with Crippen LogP contribution in [0.15, 0.2) is 29.4 Å². The Kier molecular flexibility index (Phi) is 7.28. The van der Waals surface area contributed by atoms with Gasteiger partial charge in [-0.1, -0.05) is 0 Å². The minimum absolute atomic E-state index is 0. The number of fused-ring (bicyclic) bond motifs is 3. The van der Waals surface area contributed by atoms with Gasteiger partial charge < -0.3 is 24.1 Å². The number of aromatic nitrogens is 1. The number of ether oxygens (including phenoxy) is 4. The van der Waals surface area contributed by atoms with Crippen LogP contribution in [0.25, 0.3) is 0 Å². The average Bonchev–Trinajstić information content (AvgIpc) is 2.78. The number of benzene rings is 1. The Balaban J connectivity index is 0.00000272. The van der Waals surface area contributed by atoms with Gasteiger partial charge >= 0.3 is 0 Å². The maximum atomic E-state index is 10.3. The molecule has 7 nitrogen and oxygen atoms in total. The molecule has 168 valence electrons. The van der Waals surface area contributed by atoms with Crippen LogP contribution in [0.5, 0.6) is 23.1 Å². The lowest BCUT2D eigenvalue weighted by Gasteiger charge is -2.37. The highest BCUT2D eigenvalue weighted by atomic mass is 35.5. The Morgan fingerprint density at radius 3 is 2.42 bits per heavy atom. The first kappa shape index (κ1) is 23.2. The van der Waals surface area contributed by atoms with Crippen molar-refractivity contribution >= 4 is 18.1 Å². The number of methoxy groups -OCH3 is 3. The molecule has 3 atom stereocenters. The van der Waals surface area contributed by atoms with Crippen LogP contribution >= 0.6 is 12.4 Å². The van der Waals surface area contributed by atoms with Crippen LogP contribution < -0.4 is 18.9 Å². The van der Waals surface area contributed by atoms with Crippen molar-refractivity contribution in [3.05, 3.63) is 41.1 Å². The van der Waals surface area contributed by atoms with E-state index in [0.29, 0.717) is 36.2 Å². The fraction of sp³-hybridized carbons (Fsp3) is 0.478. The van der Waals surface area contributed by atoms with Gasteiger partial charge in [0.25, 0.3) is 0 Å². The highest BCUT2D eigenvalue weighted by Crippen LogP contribution is 2.45. The lowest BCUT2D eigenvalue weighted by atomic mass is 9.74. The molecule has 1 aliphatic carbocycles. The van der Waals surface area contributed by atoms with Crippen LogP contribution in [0.4, 0.5) is 0 Å². The van der Waals surface area contributed by atoms with E-state index in [1.807, 2.05) is 19.1 Å². The first-order chi connectivity index (χ1) is 14.6. The molecule has 0 saturated heterocycles. The molecule has 0 bridgehead atoms. The molecule has 2 aromatic rings. The zero-order valence-corrected chi connectivity index (χ0v) is 19.1. The minimum atomic E-state index is -0.314. The highest BCUT2D eigenvalue weighted by molar-refractivity contribution is 6.16. The summed E-state index contributed by atoms with van der Waals surface area (Å²) in [6.45, 7) is 2.50. The Labute approximate surface area is 188 Å². The minimum Gasteiger partial charge on any atom is -0.496 e. The molecule has 1 saturated carbocycles. The zero-order chi connectivity index (χ0) is 21.3. The van der Waals surface area contributed by atoms with Crippen molar-refractivity contribution in [2.45, 2.75) is 44.2 Å². The lowest BCUT2D eigenvalue weighted by molar-refractivity contribution is 0.111. The topological polar surface area (TPSA) is 82.4 Å². The summed E-state index contributed by atoms with van der Waals surface area (Å²) in [5.41, 5.74) is 3.69. The number of aliphatic imine (C=N–C) groups is 1. The molecule has 2 aliphatic rings. The molecular formula is C23H29ClN2O5. The van der Waals surface area contributed by atoms with Gasteiger partial charge in [-0.2, -0.15) is 0 Å². The number of nitrogens with zero attached hydrogens (tertiary/aromatic N) is 2. The molecule has 0 radical (unpaired) electrons. The fourth-order valence-corrected chi connectivity index (χ4v) is 4.46. The third kappa shape index (κ3) is 4.29. The van der Waals surface area contributed by atoms with Gasteiger partial charge in [-0.05, 0) is 43.9 Å². The summed E-state index contributed by atoms with van der Waals surface area (Å²) in [4.78, 5) is 9.49. The molecule has 1 aliphatic heterocycles. The second kappa shape index (κ2) is 9.75. The van der Waals surface area contributed by atoms with Crippen molar-refractivity contribution in [1.82, 2.24) is 4.98 Å². The van der Waals surface area contributed by atoms with E-state index >= 15 is 0 Å². The van der Waals surface area contributed by atoms with Crippen molar-refractivity contribution in [2.24, 2.45) is 4.99 Å². The van der Waals surface area contributed by atoms with Gasteiger partial charge in [0, 0.05) is 23.7 Å². The fourth-order valence-electron chi connectivity index (χ4n) is 4.46. The van der Waals surface area contributed by atoms with Crippen LogP contribution in [0.3, 0.4) is 0 Å². The highest BCUT2D eigenvalue weighted by Gasteiger charge is 2.38. The van der Waals surface area contributed by atoms with E-state index in [0.717, 1.165) is 35.2 Å². The summed E-state index contributed by atoms with van der Waals surface area (Å²) in [5.74, 6) is 2.62. The second-order valence-electron chi connectivity index (χ2n) is 7.57. The largest absolute Gasteiger partial charge is 0.496 e. The van der Waals surface area contributed by atoms with E-state index in [9.17, 15) is 5.11 Å². The maximum Gasteiger partial charge on any atom is 0.216 e. The van der Waals surface area contributed by atoms with Gasteiger partial charge in [-0.15, -0.1) is 12.4 Å². The van der Waals surface area contributed by atoms with Crippen molar-refractivity contribution in [3.63, 3.8) is 0 Å². The van der Waals surface area contributed by atoms with E-state index in [-0.39, 0.29) is 30.5 Å². The van der Waals surface area contributed by atoms with E-state index in [2.05, 4.69) is 4.98 Å². The van der Waals surface area contributed by atoms with Gasteiger partial charge in [0.05, 0.1) is 51.4 Å². The summed E-state index contributed by atoms with van der Waals surface area (Å²) in [5, 5.41) is 10.3. The molecule has 8 heteroatoms. The van der Waals surface area contributed by atoms with E-state index in [4.69, 9.17) is 23.9 Å². The molecule has 2 heterocycles. The molecule has 0 amide bonds. The third-order valence-corrected chi connectivity index (χ3v) is 5.90. The Morgan fingerprint density at radius 2 is 1.74 bits per heavy atom. The SMILES string of the molecule is CCOc1cc2c(cc1OC)C(c1cnc(OC)cc1OC)=N[C@@H]1CC[C@@H](O)C[C@H]21.Cl. The van der Waals surface area contributed by atoms with Crippen molar-refractivity contribution < 1.29 is 24.1 Å². The maximum absolute atomic E-state index is 10.3. The van der Waals surface area contributed by atoms with Crippen molar-refractivity contribution in [2.75, 3.05) is 27.9 Å². The summed E-state index contributed by atoms with van der Waals surface area (Å²) in [7, 11) is 4.83. The molecule has 1 fully saturated rings. The first-order valence-electron chi connectivity index (χ1n) is 10.3. The van der Waals surface area contributed by atoms with Gasteiger partial charge in [-0.25, -0.2) is 4.98 Å². The van der Waals surface area contributed by atoms with Gasteiger partial charge in [0.15, 0.2) is 11.5 Å². The van der Waals surface area contributed by atoms with Crippen LogP contribution in [-0.4, -0.2) is 55.9 Å². The van der Waals surface area contributed by atoms with Crippen LogP contribution in [-0.2, 0) is 0 Å². The predicted octanol–water partition coefficient (Wildman–Crippen LogP) is 3.78. The Hall–Kier alpha value is -2.51. The van der Waals surface area contributed by atoms with E-state index in [1.54, 1.807) is 33.6 Å². The Morgan fingerprint density at radius 1 is 0.968 bits per heavy atom. The second-order valence-corrected chi connectivity index (χ2v) is 7.57. The third-order valence-electron chi connectivity index (χ3n) is 5.90. The molecule has 1 N–H and O–H groups in total. The summed E-state index contributed by atoms with van der Waals surface area (Å²) >= 11 is 0. The van der Waals surface area contributed by atoms with Crippen LogP contribution in [0.2, 0.25) is 0 Å². The van der Waals surface area contributed by atoms with Crippen molar-refractivity contribution in [1.29, 1.82) is 0 Å². The number of pyridine rings is 1. The molecule has 1 aromatic carbocycles. The number of rotatable bonds is 6. The molecule has 31 heavy (non-hydrogen) atoms. The number of hydrogen-bond donors (Lipinski definition) is 1. The zero-order valence-electron chi connectivity index (χ0n) is 18.3. The smallest absolute Gasteiger partial charge is 0.216 e. The monoisotopic (exact) mass is 448 g/mol. The Bertz CT molecular complexity index is 965. The van der Waals surface area contributed by atoms with Gasteiger partial charge in [0.2, 0.25) is 5.88 Å². The number of hydrogen-bond acceptors (Lipinski definition) is 7. The summed E-state index contributed by atoms with van der Waals surface area (Å²) in [6, 6.07) is 5.87. The quantitative estimate of drug-likeness (QED) is 0.724. The number of aliphatic hydroxyl groups excluding tert-OH is 1. The molecule has 4 rings (SSSR count). The number of halogens is 1. The number of aliphatic hydroxyl groups is 1.